The van der Waals surface area contributed by atoms with Gasteiger partial charge in [0.15, 0.2) is 0 Å². The van der Waals surface area contributed by atoms with E-state index in [4.69, 9.17) is 17.3 Å². The number of benzene rings is 2. The summed E-state index contributed by atoms with van der Waals surface area (Å²) in [4.78, 5) is 12.9. The number of halogens is 1. The second-order valence-corrected chi connectivity index (χ2v) is 6.64. The first-order valence-corrected chi connectivity index (χ1v) is 8.52. The molecule has 0 bridgehead atoms. The van der Waals surface area contributed by atoms with E-state index in [9.17, 15) is 4.79 Å². The van der Waals surface area contributed by atoms with Gasteiger partial charge in [-0.1, -0.05) is 41.9 Å². The molecule has 6 heteroatoms. The van der Waals surface area contributed by atoms with Crippen LogP contribution in [0.2, 0.25) is 5.02 Å². The van der Waals surface area contributed by atoms with Crippen LogP contribution < -0.4 is 11.3 Å². The highest BCUT2D eigenvalue weighted by atomic mass is 35.5. The quantitative estimate of drug-likeness (QED) is 0.582. The summed E-state index contributed by atoms with van der Waals surface area (Å²) >= 11 is 7.29. The highest BCUT2D eigenvalue weighted by Gasteiger charge is 2.16. The molecule has 0 radical (unpaired) electrons. The maximum absolute atomic E-state index is 12.9. The minimum atomic E-state index is -0.231. The number of nitrogens with two attached hydrogens (primary N) is 1. The van der Waals surface area contributed by atoms with Crippen LogP contribution in [-0.4, -0.2) is 9.78 Å². The topological polar surface area (TPSA) is 60.9 Å². The van der Waals surface area contributed by atoms with Crippen molar-refractivity contribution in [3.8, 4) is 16.9 Å². The fraction of sp³-hybridized carbons (Fsp3) is 0. The van der Waals surface area contributed by atoms with E-state index in [-0.39, 0.29) is 5.56 Å². The van der Waals surface area contributed by atoms with E-state index in [1.54, 1.807) is 24.3 Å². The molecule has 0 aliphatic heterocycles. The molecular formula is C18H12ClN3OS. The van der Waals surface area contributed by atoms with Gasteiger partial charge in [-0.3, -0.25) is 4.79 Å². The number of nitrogen functional groups attached to an aromatic ring is 1. The summed E-state index contributed by atoms with van der Waals surface area (Å²) in [6.45, 7) is 0. The van der Waals surface area contributed by atoms with Crippen LogP contribution in [0.25, 0.3) is 27.7 Å². The molecule has 2 N–H and O–H groups in total. The summed E-state index contributed by atoms with van der Waals surface area (Å²) in [5.74, 6) is 0. The highest BCUT2D eigenvalue weighted by molar-refractivity contribution is 7.15. The molecular weight excluding hydrogens is 342 g/mol. The number of aromatic nitrogens is 2. The Balaban J connectivity index is 2.08. The molecule has 0 aliphatic rings. The average Bonchev–Trinajstić information content (AvgIpc) is 2.99. The normalized spacial score (nSPS) is 11.0. The zero-order valence-corrected chi connectivity index (χ0v) is 14.0. The summed E-state index contributed by atoms with van der Waals surface area (Å²) in [7, 11) is 0. The SMILES string of the molecule is Nc1scc2c(-c3ccccc3)nn(-c3ccc(Cl)cc3)c(=O)c12. The average molecular weight is 354 g/mol. The molecule has 0 saturated heterocycles. The first-order valence-electron chi connectivity index (χ1n) is 7.26. The van der Waals surface area contributed by atoms with Gasteiger partial charge < -0.3 is 5.73 Å². The third kappa shape index (κ3) is 2.38. The molecule has 2 aromatic heterocycles. The van der Waals surface area contributed by atoms with Crippen LogP contribution >= 0.6 is 22.9 Å². The van der Waals surface area contributed by atoms with E-state index in [2.05, 4.69) is 5.10 Å². The molecule has 0 amide bonds. The standard InChI is InChI=1S/C18H12ClN3OS/c19-12-6-8-13(9-7-12)22-18(23)15-14(10-24-17(15)20)16(21-22)11-4-2-1-3-5-11/h1-10H,20H2. The van der Waals surface area contributed by atoms with Gasteiger partial charge in [0.05, 0.1) is 16.1 Å². The van der Waals surface area contributed by atoms with E-state index >= 15 is 0 Å². The predicted octanol–water partition coefficient (Wildman–Crippen LogP) is 4.35. The summed E-state index contributed by atoms with van der Waals surface area (Å²) in [6, 6.07) is 16.7. The number of hydrogen-bond donors (Lipinski definition) is 1. The largest absolute Gasteiger partial charge is 0.390 e. The molecule has 0 fully saturated rings. The lowest BCUT2D eigenvalue weighted by Gasteiger charge is -2.10. The summed E-state index contributed by atoms with van der Waals surface area (Å²) in [5, 5.41) is 8.86. The molecule has 118 valence electrons. The predicted molar refractivity (Wildman–Crippen MR) is 100 cm³/mol. The maximum Gasteiger partial charge on any atom is 0.282 e. The van der Waals surface area contributed by atoms with Crippen LogP contribution in [0.5, 0.6) is 0 Å². The van der Waals surface area contributed by atoms with Gasteiger partial charge in [0.25, 0.3) is 5.56 Å². The van der Waals surface area contributed by atoms with E-state index in [0.717, 1.165) is 16.6 Å². The lowest BCUT2D eigenvalue weighted by molar-refractivity contribution is 0.827. The van der Waals surface area contributed by atoms with Gasteiger partial charge >= 0.3 is 0 Å². The van der Waals surface area contributed by atoms with Crippen molar-refractivity contribution in [1.82, 2.24) is 9.78 Å². The molecule has 0 atom stereocenters. The van der Waals surface area contributed by atoms with Gasteiger partial charge in [-0.2, -0.15) is 9.78 Å². The Hall–Kier alpha value is -2.63. The Morgan fingerprint density at radius 3 is 2.46 bits per heavy atom. The van der Waals surface area contributed by atoms with Gasteiger partial charge in [-0.25, -0.2) is 0 Å². The van der Waals surface area contributed by atoms with Crippen LogP contribution in [0.1, 0.15) is 0 Å². The van der Waals surface area contributed by atoms with Gasteiger partial charge in [-0.05, 0) is 24.3 Å². The minimum absolute atomic E-state index is 0.231. The maximum atomic E-state index is 12.9. The zero-order valence-electron chi connectivity index (χ0n) is 12.4. The minimum Gasteiger partial charge on any atom is -0.390 e. The van der Waals surface area contributed by atoms with Crippen molar-refractivity contribution in [1.29, 1.82) is 0 Å². The van der Waals surface area contributed by atoms with E-state index in [1.165, 1.54) is 16.0 Å². The monoisotopic (exact) mass is 353 g/mol. The number of rotatable bonds is 2. The van der Waals surface area contributed by atoms with E-state index in [1.807, 2.05) is 35.7 Å². The number of nitrogens with zero attached hydrogens (tertiary/aromatic N) is 2. The molecule has 0 aliphatic carbocycles. The smallest absolute Gasteiger partial charge is 0.282 e. The first-order chi connectivity index (χ1) is 11.6. The van der Waals surface area contributed by atoms with Crippen molar-refractivity contribution in [3.05, 3.63) is 75.4 Å². The molecule has 2 heterocycles. The van der Waals surface area contributed by atoms with Crippen LogP contribution in [-0.2, 0) is 0 Å². The van der Waals surface area contributed by atoms with Gasteiger partial charge in [0, 0.05) is 21.4 Å². The van der Waals surface area contributed by atoms with Crippen molar-refractivity contribution in [2.24, 2.45) is 0 Å². The zero-order chi connectivity index (χ0) is 16.7. The molecule has 4 aromatic rings. The molecule has 24 heavy (non-hydrogen) atoms. The van der Waals surface area contributed by atoms with Gasteiger partial charge in [0.1, 0.15) is 5.69 Å². The van der Waals surface area contributed by atoms with Crippen LogP contribution in [0.4, 0.5) is 5.00 Å². The Bertz CT molecular complexity index is 1090. The van der Waals surface area contributed by atoms with Crippen LogP contribution in [0, 0.1) is 0 Å². The highest BCUT2D eigenvalue weighted by Crippen LogP contribution is 2.32. The van der Waals surface area contributed by atoms with Crippen molar-refractivity contribution < 1.29 is 0 Å². The van der Waals surface area contributed by atoms with Gasteiger partial charge in [-0.15, -0.1) is 11.3 Å². The lowest BCUT2D eigenvalue weighted by atomic mass is 10.1. The fourth-order valence-electron chi connectivity index (χ4n) is 2.64. The Kier molecular flexibility index (Phi) is 3.59. The lowest BCUT2D eigenvalue weighted by Crippen LogP contribution is -2.22. The Morgan fingerprint density at radius 2 is 1.75 bits per heavy atom. The molecule has 0 unspecified atom stereocenters. The molecule has 4 rings (SSSR count). The Morgan fingerprint density at radius 1 is 1.04 bits per heavy atom. The second kappa shape index (κ2) is 5.78. The summed E-state index contributed by atoms with van der Waals surface area (Å²) in [6.07, 6.45) is 0. The summed E-state index contributed by atoms with van der Waals surface area (Å²) in [5.41, 5.74) is 8.13. The number of thiophene rings is 1. The van der Waals surface area contributed by atoms with Crippen molar-refractivity contribution in [2.75, 3.05) is 5.73 Å². The fourth-order valence-corrected chi connectivity index (χ4v) is 3.55. The third-order valence-electron chi connectivity index (χ3n) is 3.80. The molecule has 0 saturated carbocycles. The number of hydrogen-bond acceptors (Lipinski definition) is 4. The van der Waals surface area contributed by atoms with E-state index < -0.39 is 0 Å². The van der Waals surface area contributed by atoms with E-state index in [0.29, 0.717) is 21.1 Å². The van der Waals surface area contributed by atoms with Gasteiger partial charge in [0.2, 0.25) is 0 Å². The van der Waals surface area contributed by atoms with Crippen molar-refractivity contribution in [2.45, 2.75) is 0 Å². The third-order valence-corrected chi connectivity index (χ3v) is 4.86. The first kappa shape index (κ1) is 14.9. The molecule has 4 nitrogen and oxygen atoms in total. The second-order valence-electron chi connectivity index (χ2n) is 5.30. The van der Waals surface area contributed by atoms with Crippen molar-refractivity contribution >= 4 is 38.7 Å². The molecule has 0 spiro atoms. The number of fused-ring (bicyclic) bond motifs is 1. The van der Waals surface area contributed by atoms with Crippen LogP contribution in [0.15, 0.2) is 64.8 Å². The van der Waals surface area contributed by atoms with Crippen molar-refractivity contribution in [3.63, 3.8) is 0 Å². The Labute approximate surface area is 146 Å². The summed E-state index contributed by atoms with van der Waals surface area (Å²) < 4.78 is 1.38. The number of anilines is 1. The van der Waals surface area contributed by atoms with Crippen LogP contribution in [0.3, 0.4) is 0 Å². The molecule has 2 aromatic carbocycles.